The highest BCUT2D eigenvalue weighted by molar-refractivity contribution is 6.04. The highest BCUT2D eigenvalue weighted by Gasteiger charge is 2.15. The van der Waals surface area contributed by atoms with Crippen molar-refractivity contribution in [1.29, 1.82) is 0 Å². The monoisotopic (exact) mass is 390 g/mol. The van der Waals surface area contributed by atoms with Gasteiger partial charge in [0.2, 0.25) is 0 Å². The van der Waals surface area contributed by atoms with E-state index in [0.717, 1.165) is 45.0 Å². The molecule has 3 aromatic rings. The van der Waals surface area contributed by atoms with Crippen molar-refractivity contribution >= 4 is 11.6 Å². The first-order valence-corrected chi connectivity index (χ1v) is 10.0. The van der Waals surface area contributed by atoms with Gasteiger partial charge < -0.3 is 10.2 Å². The van der Waals surface area contributed by atoms with Gasteiger partial charge in [-0.25, -0.2) is 9.67 Å². The molecule has 1 N–H and O–H groups in total. The standard InChI is InChI=1S/C22H26N6O/c1-2-26-12-14-27(15-13-26)17-18-4-7-20(8-5-18)25-22(29)19-6-9-21(23-16-19)28-11-3-10-24-28/h3-11,16H,2,12-15,17H2,1H3,(H,25,29). The Bertz CT molecular complexity index is 913. The lowest BCUT2D eigenvalue weighted by Gasteiger charge is -2.34. The number of amides is 1. The minimum Gasteiger partial charge on any atom is -0.322 e. The van der Waals surface area contributed by atoms with Crippen molar-refractivity contribution in [2.75, 3.05) is 38.0 Å². The number of rotatable bonds is 6. The average molecular weight is 390 g/mol. The van der Waals surface area contributed by atoms with E-state index in [4.69, 9.17) is 0 Å². The lowest BCUT2D eigenvalue weighted by molar-refractivity contribution is 0.102. The number of benzene rings is 1. The molecule has 0 saturated carbocycles. The molecule has 0 aliphatic carbocycles. The molecule has 1 saturated heterocycles. The second-order valence-electron chi connectivity index (χ2n) is 7.22. The molecule has 150 valence electrons. The minimum absolute atomic E-state index is 0.173. The third-order valence-electron chi connectivity index (χ3n) is 5.28. The second-order valence-corrected chi connectivity index (χ2v) is 7.22. The Kier molecular flexibility index (Phi) is 5.97. The molecule has 7 nitrogen and oxygen atoms in total. The zero-order valence-electron chi connectivity index (χ0n) is 16.7. The average Bonchev–Trinajstić information content (AvgIpc) is 3.31. The topological polar surface area (TPSA) is 66.3 Å². The summed E-state index contributed by atoms with van der Waals surface area (Å²) in [6, 6.07) is 13.5. The van der Waals surface area contributed by atoms with Crippen LogP contribution in [0.5, 0.6) is 0 Å². The van der Waals surface area contributed by atoms with E-state index in [-0.39, 0.29) is 5.91 Å². The number of nitrogens with one attached hydrogen (secondary N) is 1. The highest BCUT2D eigenvalue weighted by Crippen LogP contribution is 2.14. The first kappa shape index (κ1) is 19.3. The number of pyridine rings is 1. The van der Waals surface area contributed by atoms with Crippen molar-refractivity contribution in [3.05, 3.63) is 72.2 Å². The Balaban J connectivity index is 1.32. The molecule has 0 atom stereocenters. The van der Waals surface area contributed by atoms with E-state index in [1.165, 1.54) is 5.56 Å². The molecule has 0 spiro atoms. The SMILES string of the molecule is CCN1CCN(Cc2ccc(NC(=O)c3ccc(-n4cccn4)nc3)cc2)CC1. The summed E-state index contributed by atoms with van der Waals surface area (Å²) in [7, 11) is 0. The largest absolute Gasteiger partial charge is 0.322 e. The number of anilines is 1. The third-order valence-corrected chi connectivity index (χ3v) is 5.28. The molecular formula is C22H26N6O. The maximum absolute atomic E-state index is 12.5. The normalized spacial score (nSPS) is 15.3. The molecule has 1 aromatic carbocycles. The van der Waals surface area contributed by atoms with Crippen LogP contribution in [0, 0.1) is 0 Å². The smallest absolute Gasteiger partial charge is 0.257 e. The number of nitrogens with zero attached hydrogens (tertiary/aromatic N) is 5. The zero-order valence-corrected chi connectivity index (χ0v) is 16.7. The molecule has 0 radical (unpaired) electrons. The summed E-state index contributed by atoms with van der Waals surface area (Å²) in [6.07, 6.45) is 5.07. The first-order chi connectivity index (χ1) is 14.2. The van der Waals surface area contributed by atoms with Crippen molar-refractivity contribution < 1.29 is 4.79 Å². The maximum Gasteiger partial charge on any atom is 0.257 e. The molecule has 1 fully saturated rings. The van der Waals surface area contributed by atoms with Crippen LogP contribution >= 0.6 is 0 Å². The number of piperazine rings is 1. The molecule has 29 heavy (non-hydrogen) atoms. The predicted molar refractivity (Wildman–Crippen MR) is 113 cm³/mol. The quantitative estimate of drug-likeness (QED) is 0.701. The van der Waals surface area contributed by atoms with Gasteiger partial charge in [-0.15, -0.1) is 0 Å². The number of hydrogen-bond donors (Lipinski definition) is 1. The van der Waals surface area contributed by atoms with Gasteiger partial charge >= 0.3 is 0 Å². The fraction of sp³-hybridized carbons (Fsp3) is 0.318. The van der Waals surface area contributed by atoms with Gasteiger partial charge in [0, 0.05) is 57.0 Å². The lowest BCUT2D eigenvalue weighted by atomic mass is 10.1. The number of likely N-dealkylation sites (N-methyl/N-ethyl adjacent to an activating group) is 1. The van der Waals surface area contributed by atoms with Gasteiger partial charge in [-0.05, 0) is 42.4 Å². The summed E-state index contributed by atoms with van der Waals surface area (Å²) < 4.78 is 1.66. The van der Waals surface area contributed by atoms with Crippen LogP contribution in [0.15, 0.2) is 61.1 Å². The number of carbonyl (C=O) groups excluding carboxylic acids is 1. The van der Waals surface area contributed by atoms with Crippen LogP contribution < -0.4 is 5.32 Å². The third kappa shape index (κ3) is 4.88. The molecule has 0 bridgehead atoms. The van der Waals surface area contributed by atoms with Crippen LogP contribution in [0.3, 0.4) is 0 Å². The molecule has 3 heterocycles. The van der Waals surface area contributed by atoms with Gasteiger partial charge in [0.15, 0.2) is 5.82 Å². The molecule has 7 heteroatoms. The zero-order chi connectivity index (χ0) is 20.1. The molecule has 1 aliphatic rings. The van der Waals surface area contributed by atoms with Gasteiger partial charge in [0.25, 0.3) is 5.91 Å². The van der Waals surface area contributed by atoms with Gasteiger partial charge in [-0.3, -0.25) is 9.69 Å². The fourth-order valence-corrected chi connectivity index (χ4v) is 3.48. The summed E-state index contributed by atoms with van der Waals surface area (Å²) in [5.74, 6) is 0.503. The van der Waals surface area contributed by atoms with E-state index in [9.17, 15) is 4.79 Å². The number of aromatic nitrogens is 3. The first-order valence-electron chi connectivity index (χ1n) is 10.0. The lowest BCUT2D eigenvalue weighted by Crippen LogP contribution is -2.45. The van der Waals surface area contributed by atoms with Gasteiger partial charge in [-0.1, -0.05) is 19.1 Å². The maximum atomic E-state index is 12.5. The number of hydrogen-bond acceptors (Lipinski definition) is 5. The Morgan fingerprint density at radius 2 is 1.79 bits per heavy atom. The van der Waals surface area contributed by atoms with Crippen LogP contribution in [0.25, 0.3) is 5.82 Å². The summed E-state index contributed by atoms with van der Waals surface area (Å²) in [4.78, 5) is 21.7. The Morgan fingerprint density at radius 3 is 2.41 bits per heavy atom. The summed E-state index contributed by atoms with van der Waals surface area (Å²) >= 11 is 0. The molecule has 0 unspecified atom stereocenters. The van der Waals surface area contributed by atoms with Crippen LogP contribution in [0.4, 0.5) is 5.69 Å². The van der Waals surface area contributed by atoms with Crippen LogP contribution in [0.1, 0.15) is 22.8 Å². The van der Waals surface area contributed by atoms with E-state index >= 15 is 0 Å². The van der Waals surface area contributed by atoms with Crippen LogP contribution in [0.2, 0.25) is 0 Å². The summed E-state index contributed by atoms with van der Waals surface area (Å²) in [5.41, 5.74) is 2.56. The predicted octanol–water partition coefficient (Wildman–Crippen LogP) is 2.66. The van der Waals surface area contributed by atoms with E-state index in [2.05, 4.69) is 44.3 Å². The van der Waals surface area contributed by atoms with E-state index < -0.39 is 0 Å². The summed E-state index contributed by atoms with van der Waals surface area (Å²) in [5, 5.41) is 7.07. The molecular weight excluding hydrogens is 364 g/mol. The van der Waals surface area contributed by atoms with Gasteiger partial charge in [0.05, 0.1) is 5.56 Å². The van der Waals surface area contributed by atoms with Gasteiger partial charge in [-0.2, -0.15) is 5.10 Å². The summed E-state index contributed by atoms with van der Waals surface area (Å²) in [6.45, 7) is 8.78. The number of carbonyl (C=O) groups is 1. The Morgan fingerprint density at radius 1 is 1.03 bits per heavy atom. The van der Waals surface area contributed by atoms with Crippen molar-refractivity contribution in [2.24, 2.45) is 0 Å². The van der Waals surface area contributed by atoms with Crippen molar-refractivity contribution in [2.45, 2.75) is 13.5 Å². The van der Waals surface area contributed by atoms with E-state index in [1.807, 2.05) is 24.4 Å². The minimum atomic E-state index is -0.173. The van der Waals surface area contributed by atoms with Crippen molar-refractivity contribution in [1.82, 2.24) is 24.6 Å². The Labute approximate surface area is 171 Å². The molecule has 2 aromatic heterocycles. The molecule has 4 rings (SSSR count). The fourth-order valence-electron chi connectivity index (χ4n) is 3.48. The second kappa shape index (κ2) is 8.98. The van der Waals surface area contributed by atoms with E-state index in [1.54, 1.807) is 29.2 Å². The van der Waals surface area contributed by atoms with Crippen LogP contribution in [-0.2, 0) is 6.54 Å². The van der Waals surface area contributed by atoms with E-state index in [0.29, 0.717) is 11.4 Å². The highest BCUT2D eigenvalue weighted by atomic mass is 16.1. The Hall–Kier alpha value is -3.03. The van der Waals surface area contributed by atoms with Crippen LogP contribution in [-0.4, -0.2) is 63.2 Å². The molecule has 1 aliphatic heterocycles. The van der Waals surface area contributed by atoms with Crippen molar-refractivity contribution in [3.63, 3.8) is 0 Å². The molecule has 1 amide bonds. The van der Waals surface area contributed by atoms with Gasteiger partial charge in [0.1, 0.15) is 0 Å². The van der Waals surface area contributed by atoms with Crippen molar-refractivity contribution in [3.8, 4) is 5.82 Å².